The second-order valence-electron chi connectivity index (χ2n) is 4.05. The Morgan fingerprint density at radius 1 is 0.905 bits per heavy atom. The van der Waals surface area contributed by atoms with Crippen molar-refractivity contribution >= 4 is 34.8 Å². The number of benzene rings is 2. The first-order valence-electron chi connectivity index (χ1n) is 5.98. The van der Waals surface area contributed by atoms with Crippen molar-refractivity contribution in [2.24, 2.45) is 0 Å². The van der Waals surface area contributed by atoms with E-state index < -0.39 is 11.8 Å². The molecule has 5 nitrogen and oxygen atoms in total. The third-order valence-electron chi connectivity index (χ3n) is 2.62. The zero-order valence-corrected chi connectivity index (χ0v) is 11.5. The molecule has 2 aromatic rings. The number of hydrogen-bond donors (Lipinski definition) is 2. The monoisotopic (exact) mass is 299 g/mol. The topological polar surface area (TPSA) is 82.0 Å². The molecule has 0 aromatic heterocycles. The summed E-state index contributed by atoms with van der Waals surface area (Å²) in [6.07, 6.45) is 0. The minimum absolute atomic E-state index is 0.274. The molecule has 0 radical (unpaired) electrons. The van der Waals surface area contributed by atoms with Crippen LogP contribution in [-0.4, -0.2) is 11.8 Å². The maximum atomic E-state index is 11.8. The Morgan fingerprint density at radius 3 is 2.05 bits per heavy atom. The summed E-state index contributed by atoms with van der Waals surface area (Å²) in [5.74, 6) is -1.74. The van der Waals surface area contributed by atoms with Gasteiger partial charge in [-0.15, -0.1) is 0 Å². The van der Waals surface area contributed by atoms with Crippen LogP contribution < -0.4 is 10.6 Å². The Balaban J connectivity index is 2.09. The lowest BCUT2D eigenvalue weighted by Gasteiger charge is -2.08. The zero-order chi connectivity index (χ0) is 15.2. The Bertz CT molecular complexity index is 738. The average Bonchev–Trinajstić information content (AvgIpc) is 2.50. The molecule has 2 aromatic carbocycles. The molecule has 0 atom stereocenters. The molecule has 2 amide bonds. The highest BCUT2D eigenvalue weighted by Crippen LogP contribution is 2.20. The molecule has 104 valence electrons. The third-order valence-corrected chi connectivity index (χ3v) is 2.95. The summed E-state index contributed by atoms with van der Waals surface area (Å²) in [4.78, 5) is 23.6. The van der Waals surface area contributed by atoms with Crippen LogP contribution in [0.25, 0.3) is 0 Å². The molecule has 21 heavy (non-hydrogen) atoms. The first-order valence-corrected chi connectivity index (χ1v) is 6.35. The number of rotatable bonds is 2. The Labute approximate surface area is 126 Å². The molecule has 0 aliphatic carbocycles. The van der Waals surface area contributed by atoms with Crippen molar-refractivity contribution < 1.29 is 9.59 Å². The number of para-hydroxylation sites is 2. The van der Waals surface area contributed by atoms with E-state index in [0.717, 1.165) is 0 Å². The molecule has 0 saturated heterocycles. The van der Waals surface area contributed by atoms with Gasteiger partial charge >= 0.3 is 11.8 Å². The number of carbonyl (C=O) groups is 2. The fourth-order valence-corrected chi connectivity index (χ4v) is 1.79. The smallest absolute Gasteiger partial charge is 0.314 e. The largest absolute Gasteiger partial charge is 0.317 e. The van der Waals surface area contributed by atoms with Crippen LogP contribution >= 0.6 is 11.6 Å². The number of nitrogens with zero attached hydrogens (tertiary/aromatic N) is 1. The molecule has 0 spiro atoms. The van der Waals surface area contributed by atoms with Gasteiger partial charge in [0.05, 0.1) is 22.0 Å². The SMILES string of the molecule is N#Cc1ccccc1NC(=O)C(=O)Nc1ccccc1Cl. The molecule has 0 fully saturated rings. The lowest BCUT2D eigenvalue weighted by molar-refractivity contribution is -0.132. The van der Waals surface area contributed by atoms with Gasteiger partial charge in [0.15, 0.2) is 0 Å². The predicted octanol–water partition coefficient (Wildman–Crippen LogP) is 2.79. The number of nitrogens with one attached hydrogen (secondary N) is 2. The van der Waals surface area contributed by atoms with Crippen LogP contribution in [0, 0.1) is 11.3 Å². The molecule has 2 N–H and O–H groups in total. The second-order valence-corrected chi connectivity index (χ2v) is 4.45. The highest BCUT2D eigenvalue weighted by atomic mass is 35.5. The molecular weight excluding hydrogens is 290 g/mol. The van der Waals surface area contributed by atoms with Gasteiger partial charge in [-0.1, -0.05) is 35.9 Å². The van der Waals surface area contributed by atoms with E-state index in [2.05, 4.69) is 10.6 Å². The summed E-state index contributed by atoms with van der Waals surface area (Å²) < 4.78 is 0. The number of halogens is 1. The van der Waals surface area contributed by atoms with E-state index in [-0.39, 0.29) is 11.3 Å². The van der Waals surface area contributed by atoms with E-state index in [4.69, 9.17) is 16.9 Å². The lowest BCUT2D eigenvalue weighted by atomic mass is 10.2. The van der Waals surface area contributed by atoms with Crippen molar-refractivity contribution in [1.82, 2.24) is 0 Å². The first-order chi connectivity index (χ1) is 10.1. The van der Waals surface area contributed by atoms with E-state index in [9.17, 15) is 9.59 Å². The summed E-state index contributed by atoms with van der Waals surface area (Å²) in [5, 5.41) is 14.0. The number of amides is 2. The number of anilines is 2. The van der Waals surface area contributed by atoms with Crippen molar-refractivity contribution in [2.75, 3.05) is 10.6 Å². The summed E-state index contributed by atoms with van der Waals surface area (Å²) in [6, 6.07) is 14.9. The molecule has 0 heterocycles. The van der Waals surface area contributed by atoms with Gasteiger partial charge in [-0.05, 0) is 24.3 Å². The van der Waals surface area contributed by atoms with Gasteiger partial charge in [-0.3, -0.25) is 9.59 Å². The molecule has 0 bridgehead atoms. The van der Waals surface area contributed by atoms with Crippen LogP contribution in [0.4, 0.5) is 11.4 Å². The fraction of sp³-hybridized carbons (Fsp3) is 0. The second kappa shape index (κ2) is 6.55. The van der Waals surface area contributed by atoms with Gasteiger partial charge in [-0.25, -0.2) is 0 Å². The van der Waals surface area contributed by atoms with E-state index >= 15 is 0 Å². The predicted molar refractivity (Wildman–Crippen MR) is 79.9 cm³/mol. The number of carbonyl (C=O) groups excluding carboxylic acids is 2. The fourth-order valence-electron chi connectivity index (χ4n) is 1.61. The van der Waals surface area contributed by atoms with Crippen molar-refractivity contribution in [3.63, 3.8) is 0 Å². The van der Waals surface area contributed by atoms with Gasteiger partial charge < -0.3 is 10.6 Å². The van der Waals surface area contributed by atoms with Crippen LogP contribution in [0.2, 0.25) is 5.02 Å². The number of hydrogen-bond acceptors (Lipinski definition) is 3. The molecule has 0 saturated carbocycles. The van der Waals surface area contributed by atoms with Gasteiger partial charge in [0.25, 0.3) is 0 Å². The van der Waals surface area contributed by atoms with Gasteiger partial charge in [0.2, 0.25) is 0 Å². The molecule has 0 aliphatic rings. The highest BCUT2D eigenvalue weighted by molar-refractivity contribution is 6.44. The highest BCUT2D eigenvalue weighted by Gasteiger charge is 2.16. The van der Waals surface area contributed by atoms with Crippen LogP contribution in [0.15, 0.2) is 48.5 Å². The minimum atomic E-state index is -0.877. The molecular formula is C15H10ClN3O2. The lowest BCUT2D eigenvalue weighted by Crippen LogP contribution is -2.29. The van der Waals surface area contributed by atoms with E-state index in [1.165, 1.54) is 0 Å². The molecule has 6 heteroatoms. The van der Waals surface area contributed by atoms with Crippen molar-refractivity contribution in [1.29, 1.82) is 5.26 Å². The van der Waals surface area contributed by atoms with Crippen molar-refractivity contribution in [2.45, 2.75) is 0 Å². The Kier molecular flexibility index (Phi) is 4.54. The van der Waals surface area contributed by atoms with Crippen molar-refractivity contribution in [3.05, 3.63) is 59.1 Å². The van der Waals surface area contributed by atoms with E-state index in [1.807, 2.05) is 6.07 Å². The van der Waals surface area contributed by atoms with Crippen LogP contribution in [0.3, 0.4) is 0 Å². The van der Waals surface area contributed by atoms with E-state index in [1.54, 1.807) is 48.5 Å². The first kappa shape index (κ1) is 14.6. The zero-order valence-electron chi connectivity index (χ0n) is 10.8. The maximum absolute atomic E-state index is 11.8. The van der Waals surface area contributed by atoms with Crippen LogP contribution in [0.5, 0.6) is 0 Å². The average molecular weight is 300 g/mol. The third kappa shape index (κ3) is 3.59. The molecule has 2 rings (SSSR count). The Hall–Kier alpha value is -2.84. The van der Waals surface area contributed by atoms with Crippen LogP contribution in [0.1, 0.15) is 5.56 Å². The van der Waals surface area contributed by atoms with Gasteiger partial charge in [0, 0.05) is 0 Å². The summed E-state index contributed by atoms with van der Waals surface area (Å²) in [6.45, 7) is 0. The molecule has 0 unspecified atom stereocenters. The standard InChI is InChI=1S/C15H10ClN3O2/c16-11-6-2-4-8-13(11)19-15(21)14(20)18-12-7-3-1-5-10(12)9-17/h1-8H,(H,18,20)(H,19,21). The normalized spacial score (nSPS) is 9.52. The summed E-state index contributed by atoms with van der Waals surface area (Å²) in [5.41, 5.74) is 0.892. The minimum Gasteiger partial charge on any atom is -0.317 e. The van der Waals surface area contributed by atoms with Gasteiger partial charge in [-0.2, -0.15) is 5.26 Å². The summed E-state index contributed by atoms with van der Waals surface area (Å²) in [7, 11) is 0. The van der Waals surface area contributed by atoms with E-state index in [0.29, 0.717) is 10.7 Å². The Morgan fingerprint density at radius 2 is 1.43 bits per heavy atom. The number of nitriles is 1. The summed E-state index contributed by atoms with van der Waals surface area (Å²) >= 11 is 5.89. The van der Waals surface area contributed by atoms with Crippen LogP contribution in [-0.2, 0) is 9.59 Å². The van der Waals surface area contributed by atoms with Gasteiger partial charge in [0.1, 0.15) is 6.07 Å². The molecule has 0 aliphatic heterocycles. The van der Waals surface area contributed by atoms with Crippen molar-refractivity contribution in [3.8, 4) is 6.07 Å². The maximum Gasteiger partial charge on any atom is 0.314 e. The quantitative estimate of drug-likeness (QED) is 0.837.